The van der Waals surface area contributed by atoms with Gasteiger partial charge in [0.1, 0.15) is 5.82 Å². The molecule has 1 unspecified atom stereocenters. The average Bonchev–Trinajstić information content (AvgIpc) is 2.86. The van der Waals surface area contributed by atoms with Crippen molar-refractivity contribution in [1.82, 2.24) is 20.2 Å². The molecule has 0 spiro atoms. The van der Waals surface area contributed by atoms with Crippen LogP contribution in [0.4, 0.5) is 11.8 Å². The number of H-pyrrole nitrogens is 1. The van der Waals surface area contributed by atoms with Crippen LogP contribution in [0.2, 0.25) is 0 Å². The third-order valence-corrected chi connectivity index (χ3v) is 2.75. The van der Waals surface area contributed by atoms with Gasteiger partial charge in [-0.3, -0.25) is 10.5 Å². The minimum atomic E-state index is 0.132. The molecule has 0 aliphatic heterocycles. The number of nitrogen functional groups attached to an aromatic ring is 1. The number of anilines is 2. The molecular weight excluding hydrogens is 234 g/mol. The lowest BCUT2D eigenvalue weighted by molar-refractivity contribution is 0.278. The van der Waals surface area contributed by atoms with Gasteiger partial charge in [-0.05, 0) is 12.8 Å². The molecule has 0 saturated carbocycles. The number of nitrogens with one attached hydrogen (secondary N) is 3. The minimum Gasteiger partial charge on any atom is -0.396 e. The van der Waals surface area contributed by atoms with E-state index < -0.39 is 0 Å². The van der Waals surface area contributed by atoms with Crippen LogP contribution in [0, 0.1) is 0 Å². The Morgan fingerprint density at radius 1 is 1.50 bits per heavy atom. The molecule has 8 nitrogen and oxygen atoms in total. The maximum Gasteiger partial charge on any atom is 0.241 e. The van der Waals surface area contributed by atoms with Crippen LogP contribution >= 0.6 is 0 Å². The van der Waals surface area contributed by atoms with Gasteiger partial charge in [0.2, 0.25) is 5.95 Å². The zero-order valence-corrected chi connectivity index (χ0v) is 10.1. The third kappa shape index (κ3) is 2.49. The number of nitrogens with two attached hydrogens (primary N) is 1. The van der Waals surface area contributed by atoms with E-state index in [4.69, 9.17) is 10.9 Å². The maximum absolute atomic E-state index is 9.00. The predicted octanol–water partition coefficient (Wildman–Crippen LogP) is 0.211. The monoisotopic (exact) mass is 251 g/mol. The van der Waals surface area contributed by atoms with Crippen LogP contribution < -0.4 is 16.6 Å². The first-order chi connectivity index (χ1) is 8.78. The summed E-state index contributed by atoms with van der Waals surface area (Å²) in [4.78, 5) is 8.40. The molecule has 6 N–H and O–H groups in total. The number of aromatic amines is 1. The lowest BCUT2D eigenvalue weighted by atomic mass is 10.1. The van der Waals surface area contributed by atoms with Crippen LogP contribution in [-0.4, -0.2) is 37.9 Å². The van der Waals surface area contributed by atoms with Crippen molar-refractivity contribution in [3.05, 3.63) is 6.20 Å². The molecule has 8 heteroatoms. The topological polar surface area (TPSA) is 125 Å². The highest BCUT2D eigenvalue weighted by atomic mass is 16.3. The zero-order chi connectivity index (χ0) is 13.0. The first-order valence-corrected chi connectivity index (χ1v) is 5.83. The van der Waals surface area contributed by atoms with E-state index in [0.29, 0.717) is 23.8 Å². The normalized spacial score (nSPS) is 12.6. The molecule has 0 amide bonds. The number of nitrogens with zero attached hydrogens (tertiary/aromatic N) is 3. The van der Waals surface area contributed by atoms with Gasteiger partial charge in [-0.25, -0.2) is 5.84 Å². The van der Waals surface area contributed by atoms with Crippen LogP contribution in [-0.2, 0) is 0 Å². The van der Waals surface area contributed by atoms with E-state index in [0.717, 1.165) is 11.8 Å². The largest absolute Gasteiger partial charge is 0.396 e. The number of hydrogen-bond donors (Lipinski definition) is 5. The fourth-order valence-corrected chi connectivity index (χ4v) is 1.74. The number of hydrogen-bond acceptors (Lipinski definition) is 7. The summed E-state index contributed by atoms with van der Waals surface area (Å²) in [6, 6.07) is 0.147. The van der Waals surface area contributed by atoms with Gasteiger partial charge in [0, 0.05) is 12.6 Å². The number of rotatable bonds is 6. The van der Waals surface area contributed by atoms with Crippen molar-refractivity contribution in [3.63, 3.8) is 0 Å². The van der Waals surface area contributed by atoms with Crippen molar-refractivity contribution in [2.45, 2.75) is 25.8 Å². The number of aliphatic hydroxyl groups excluding tert-OH is 1. The van der Waals surface area contributed by atoms with Gasteiger partial charge >= 0.3 is 0 Å². The fourth-order valence-electron chi connectivity index (χ4n) is 1.74. The first-order valence-electron chi connectivity index (χ1n) is 5.83. The quantitative estimate of drug-likeness (QED) is 0.367. The molecule has 0 aliphatic rings. The highest BCUT2D eigenvalue weighted by Crippen LogP contribution is 2.21. The Bertz CT molecular complexity index is 512. The Kier molecular flexibility index (Phi) is 3.90. The first kappa shape index (κ1) is 12.5. The molecule has 0 aromatic carbocycles. The summed E-state index contributed by atoms with van der Waals surface area (Å²) in [5.74, 6) is 6.29. The molecule has 2 rings (SSSR count). The molecule has 0 bridgehead atoms. The van der Waals surface area contributed by atoms with Crippen molar-refractivity contribution in [2.24, 2.45) is 5.84 Å². The van der Waals surface area contributed by atoms with Gasteiger partial charge in [0.05, 0.1) is 11.6 Å². The van der Waals surface area contributed by atoms with Gasteiger partial charge in [0.15, 0.2) is 5.65 Å². The van der Waals surface area contributed by atoms with Crippen molar-refractivity contribution in [3.8, 4) is 0 Å². The van der Waals surface area contributed by atoms with Crippen LogP contribution in [0.1, 0.15) is 19.8 Å². The van der Waals surface area contributed by atoms with Crippen molar-refractivity contribution in [2.75, 3.05) is 17.3 Å². The van der Waals surface area contributed by atoms with E-state index in [-0.39, 0.29) is 12.6 Å². The van der Waals surface area contributed by atoms with Gasteiger partial charge in [-0.1, -0.05) is 6.92 Å². The van der Waals surface area contributed by atoms with E-state index >= 15 is 0 Å². The van der Waals surface area contributed by atoms with Gasteiger partial charge in [-0.15, -0.1) is 0 Å². The summed E-state index contributed by atoms with van der Waals surface area (Å²) < 4.78 is 0. The Hall–Kier alpha value is -1.93. The Labute approximate surface area is 104 Å². The minimum absolute atomic E-state index is 0.132. The van der Waals surface area contributed by atoms with Crippen molar-refractivity contribution >= 4 is 22.8 Å². The number of hydrazine groups is 1. The second-order valence-corrected chi connectivity index (χ2v) is 3.93. The predicted molar refractivity (Wildman–Crippen MR) is 68.9 cm³/mol. The second kappa shape index (κ2) is 5.61. The fraction of sp³-hybridized carbons (Fsp3) is 0.500. The molecule has 18 heavy (non-hydrogen) atoms. The van der Waals surface area contributed by atoms with Gasteiger partial charge in [-0.2, -0.15) is 15.1 Å². The molecule has 0 saturated heterocycles. The molecular formula is C10H17N7O. The smallest absolute Gasteiger partial charge is 0.241 e. The Morgan fingerprint density at radius 2 is 2.33 bits per heavy atom. The lowest BCUT2D eigenvalue weighted by Gasteiger charge is -2.17. The molecule has 0 fully saturated rings. The highest BCUT2D eigenvalue weighted by Gasteiger charge is 2.12. The van der Waals surface area contributed by atoms with Crippen molar-refractivity contribution in [1.29, 1.82) is 0 Å². The van der Waals surface area contributed by atoms with Crippen LogP contribution in [0.5, 0.6) is 0 Å². The van der Waals surface area contributed by atoms with Crippen LogP contribution in [0.15, 0.2) is 6.20 Å². The summed E-state index contributed by atoms with van der Waals surface area (Å²) in [6.07, 6.45) is 3.20. The van der Waals surface area contributed by atoms with E-state index in [2.05, 4.69) is 30.9 Å². The standard InChI is InChI=1S/C10H17N7O/c1-2-6(3-4-18)13-8-7-5-12-17-9(7)15-10(14-8)16-11/h5-6,18H,2-4,11H2,1H3,(H3,12,13,14,15,16,17). The SMILES string of the molecule is CCC(CCO)Nc1nc(NN)nc2[nH]ncc12. The maximum atomic E-state index is 9.00. The average molecular weight is 251 g/mol. The summed E-state index contributed by atoms with van der Waals surface area (Å²) in [6.45, 7) is 2.18. The molecule has 98 valence electrons. The summed E-state index contributed by atoms with van der Waals surface area (Å²) >= 11 is 0. The number of fused-ring (bicyclic) bond motifs is 1. The lowest BCUT2D eigenvalue weighted by Crippen LogP contribution is -2.21. The number of aromatic nitrogens is 4. The Morgan fingerprint density at radius 3 is 3.00 bits per heavy atom. The third-order valence-electron chi connectivity index (χ3n) is 2.75. The van der Waals surface area contributed by atoms with Crippen LogP contribution in [0.25, 0.3) is 11.0 Å². The Balaban J connectivity index is 2.32. The molecule has 1 atom stereocenters. The molecule has 0 radical (unpaired) electrons. The van der Waals surface area contributed by atoms with Gasteiger partial charge in [0.25, 0.3) is 0 Å². The molecule has 2 aromatic heterocycles. The van der Waals surface area contributed by atoms with Crippen LogP contribution in [0.3, 0.4) is 0 Å². The van der Waals surface area contributed by atoms with E-state index in [1.807, 2.05) is 6.92 Å². The van der Waals surface area contributed by atoms with E-state index in [1.165, 1.54) is 0 Å². The van der Waals surface area contributed by atoms with Gasteiger partial charge < -0.3 is 10.4 Å². The van der Waals surface area contributed by atoms with Crippen molar-refractivity contribution < 1.29 is 5.11 Å². The van der Waals surface area contributed by atoms with E-state index in [9.17, 15) is 0 Å². The molecule has 0 aliphatic carbocycles. The molecule has 2 heterocycles. The number of aliphatic hydroxyl groups is 1. The zero-order valence-electron chi connectivity index (χ0n) is 10.1. The summed E-state index contributed by atoms with van der Waals surface area (Å²) in [7, 11) is 0. The van der Waals surface area contributed by atoms with E-state index in [1.54, 1.807) is 6.20 Å². The summed E-state index contributed by atoms with van der Waals surface area (Å²) in [5, 5.41) is 19.8. The summed E-state index contributed by atoms with van der Waals surface area (Å²) in [5.41, 5.74) is 3.02. The highest BCUT2D eigenvalue weighted by molar-refractivity contribution is 5.87. The second-order valence-electron chi connectivity index (χ2n) is 3.93. The molecule has 2 aromatic rings.